The summed E-state index contributed by atoms with van der Waals surface area (Å²) >= 11 is 0. The molecule has 1 fully saturated rings. The highest BCUT2D eigenvalue weighted by atomic mass is 16.2. The first-order valence-electron chi connectivity index (χ1n) is 8.26. The van der Waals surface area contributed by atoms with Gasteiger partial charge in [-0.15, -0.1) is 0 Å². The Morgan fingerprint density at radius 2 is 1.86 bits per heavy atom. The van der Waals surface area contributed by atoms with Gasteiger partial charge in [-0.2, -0.15) is 0 Å². The van der Waals surface area contributed by atoms with E-state index in [1.165, 1.54) is 12.8 Å². The Morgan fingerprint density at radius 1 is 1.14 bits per heavy atom. The maximum Gasteiger partial charge on any atom is 0.221 e. The van der Waals surface area contributed by atoms with Gasteiger partial charge in [0.2, 0.25) is 11.8 Å². The first-order chi connectivity index (χ1) is 9.97. The second-order valence-corrected chi connectivity index (χ2v) is 6.63. The number of hydrogen-bond acceptors (Lipinski definition) is 3. The van der Waals surface area contributed by atoms with Crippen LogP contribution in [0.2, 0.25) is 0 Å². The second-order valence-electron chi connectivity index (χ2n) is 6.63. The number of rotatable bonds is 8. The van der Waals surface area contributed by atoms with Gasteiger partial charge >= 0.3 is 0 Å². The van der Waals surface area contributed by atoms with Crippen molar-refractivity contribution in [3.8, 4) is 0 Å². The molecule has 0 saturated heterocycles. The van der Waals surface area contributed by atoms with E-state index in [9.17, 15) is 9.59 Å². The fourth-order valence-corrected chi connectivity index (χ4v) is 2.74. The third-order valence-electron chi connectivity index (χ3n) is 3.98. The molecule has 0 radical (unpaired) electrons. The number of nitrogens with two attached hydrogens (primary N) is 1. The van der Waals surface area contributed by atoms with Crippen molar-refractivity contribution >= 4 is 11.8 Å². The molecule has 0 aromatic carbocycles. The van der Waals surface area contributed by atoms with E-state index in [0.29, 0.717) is 43.8 Å². The van der Waals surface area contributed by atoms with Crippen LogP contribution >= 0.6 is 0 Å². The van der Waals surface area contributed by atoms with Crippen molar-refractivity contribution in [1.29, 1.82) is 0 Å². The Bertz CT molecular complexity index is 331. The topological polar surface area (TPSA) is 84.2 Å². The van der Waals surface area contributed by atoms with Crippen LogP contribution in [0.1, 0.15) is 58.8 Å². The normalized spacial score (nSPS) is 22.1. The lowest BCUT2D eigenvalue weighted by molar-refractivity contribution is -0.122. The molecule has 1 rings (SSSR count). The molecule has 0 heterocycles. The third-order valence-corrected chi connectivity index (χ3v) is 3.98. The van der Waals surface area contributed by atoms with Crippen LogP contribution in [0.4, 0.5) is 0 Å². The fourth-order valence-electron chi connectivity index (χ4n) is 2.74. The molecule has 2 atom stereocenters. The maximum absolute atomic E-state index is 11.7. The molecule has 4 N–H and O–H groups in total. The van der Waals surface area contributed by atoms with E-state index in [0.717, 1.165) is 19.3 Å². The van der Waals surface area contributed by atoms with E-state index in [4.69, 9.17) is 5.73 Å². The Morgan fingerprint density at radius 3 is 2.52 bits per heavy atom. The highest BCUT2D eigenvalue weighted by Gasteiger charge is 2.19. The van der Waals surface area contributed by atoms with E-state index in [1.54, 1.807) is 0 Å². The van der Waals surface area contributed by atoms with Crippen LogP contribution in [0.3, 0.4) is 0 Å². The van der Waals surface area contributed by atoms with Gasteiger partial charge in [-0.05, 0) is 31.1 Å². The summed E-state index contributed by atoms with van der Waals surface area (Å²) in [5, 5.41) is 5.66. The Kier molecular flexibility index (Phi) is 8.35. The van der Waals surface area contributed by atoms with E-state index in [1.807, 2.05) is 0 Å². The maximum atomic E-state index is 11.7. The number of carbonyl (C=O) groups excluding carboxylic acids is 2. The molecule has 0 aromatic heterocycles. The van der Waals surface area contributed by atoms with Gasteiger partial charge in [0.15, 0.2) is 0 Å². The third kappa shape index (κ3) is 8.71. The zero-order chi connectivity index (χ0) is 15.7. The van der Waals surface area contributed by atoms with E-state index >= 15 is 0 Å². The number of amides is 2. The highest BCUT2D eigenvalue weighted by molar-refractivity contribution is 5.78. The standard InChI is InChI=1S/C16H31N3O2/c1-12(2)11-19-16(21)8-9-18-15(20)7-6-13-4-3-5-14(17)10-13/h12-14H,3-11,17H2,1-2H3,(H,18,20)(H,19,21). The minimum absolute atomic E-state index is 0.00209. The Balaban J connectivity index is 2.04. The zero-order valence-corrected chi connectivity index (χ0v) is 13.5. The van der Waals surface area contributed by atoms with Gasteiger partial charge in [0, 0.05) is 32.0 Å². The molecule has 1 saturated carbocycles. The van der Waals surface area contributed by atoms with Crippen LogP contribution in [-0.2, 0) is 9.59 Å². The second kappa shape index (κ2) is 9.77. The van der Waals surface area contributed by atoms with Crippen molar-refractivity contribution in [2.45, 2.75) is 64.8 Å². The average Bonchev–Trinajstić information content (AvgIpc) is 2.43. The summed E-state index contributed by atoms with van der Waals surface area (Å²) in [7, 11) is 0. The molecule has 0 bridgehead atoms. The van der Waals surface area contributed by atoms with Gasteiger partial charge in [0.1, 0.15) is 0 Å². The minimum Gasteiger partial charge on any atom is -0.356 e. The molecule has 5 nitrogen and oxygen atoms in total. The predicted molar refractivity (Wildman–Crippen MR) is 84.6 cm³/mol. The molecule has 0 aliphatic heterocycles. The van der Waals surface area contributed by atoms with Gasteiger partial charge in [-0.1, -0.05) is 26.7 Å². The number of hydrogen-bond donors (Lipinski definition) is 3. The summed E-state index contributed by atoms with van der Waals surface area (Å²) in [6.07, 6.45) is 6.36. The van der Waals surface area contributed by atoms with Crippen molar-refractivity contribution in [2.75, 3.05) is 13.1 Å². The molecule has 0 spiro atoms. The molecule has 0 aromatic rings. The quantitative estimate of drug-likeness (QED) is 0.635. The monoisotopic (exact) mass is 297 g/mol. The molecule has 5 heteroatoms. The van der Waals surface area contributed by atoms with Crippen molar-refractivity contribution in [2.24, 2.45) is 17.6 Å². The summed E-state index contributed by atoms with van der Waals surface area (Å²) in [6.45, 7) is 5.22. The largest absolute Gasteiger partial charge is 0.356 e. The van der Waals surface area contributed by atoms with Crippen molar-refractivity contribution in [1.82, 2.24) is 10.6 Å². The van der Waals surface area contributed by atoms with Crippen molar-refractivity contribution in [3.63, 3.8) is 0 Å². The summed E-state index contributed by atoms with van der Waals surface area (Å²) in [4.78, 5) is 23.2. The van der Waals surface area contributed by atoms with Crippen molar-refractivity contribution in [3.05, 3.63) is 0 Å². The molecule has 21 heavy (non-hydrogen) atoms. The van der Waals surface area contributed by atoms with E-state index in [-0.39, 0.29) is 11.8 Å². The van der Waals surface area contributed by atoms with Crippen molar-refractivity contribution < 1.29 is 9.59 Å². The lowest BCUT2D eigenvalue weighted by Crippen LogP contribution is -2.33. The lowest BCUT2D eigenvalue weighted by Gasteiger charge is -2.26. The van der Waals surface area contributed by atoms with Crippen LogP contribution in [0.25, 0.3) is 0 Å². The molecule has 1 aliphatic rings. The van der Waals surface area contributed by atoms with E-state index < -0.39 is 0 Å². The Hall–Kier alpha value is -1.10. The first-order valence-corrected chi connectivity index (χ1v) is 8.26. The minimum atomic E-state index is 0.00209. The SMILES string of the molecule is CC(C)CNC(=O)CCNC(=O)CCC1CCCC(N)C1. The summed E-state index contributed by atoms with van der Waals surface area (Å²) in [6, 6.07) is 0.316. The smallest absolute Gasteiger partial charge is 0.221 e. The van der Waals surface area contributed by atoms with Crippen LogP contribution < -0.4 is 16.4 Å². The van der Waals surface area contributed by atoms with Gasteiger partial charge < -0.3 is 16.4 Å². The molecule has 2 amide bonds. The molecule has 122 valence electrons. The van der Waals surface area contributed by atoms with Gasteiger partial charge in [-0.25, -0.2) is 0 Å². The van der Waals surface area contributed by atoms with Gasteiger partial charge in [0.25, 0.3) is 0 Å². The zero-order valence-electron chi connectivity index (χ0n) is 13.5. The van der Waals surface area contributed by atoms with Gasteiger partial charge in [0.05, 0.1) is 0 Å². The summed E-state index contributed by atoms with van der Waals surface area (Å²) in [5.41, 5.74) is 5.95. The Labute approximate surface area is 128 Å². The lowest BCUT2D eigenvalue weighted by atomic mass is 9.83. The average molecular weight is 297 g/mol. The predicted octanol–water partition coefficient (Wildman–Crippen LogP) is 1.56. The first kappa shape index (κ1) is 18.0. The highest BCUT2D eigenvalue weighted by Crippen LogP contribution is 2.26. The van der Waals surface area contributed by atoms with Crippen LogP contribution in [0.15, 0.2) is 0 Å². The number of nitrogens with one attached hydrogen (secondary N) is 2. The summed E-state index contributed by atoms with van der Waals surface area (Å²) in [5.74, 6) is 1.09. The number of carbonyl (C=O) groups is 2. The van der Waals surface area contributed by atoms with Crippen LogP contribution in [0, 0.1) is 11.8 Å². The summed E-state index contributed by atoms with van der Waals surface area (Å²) < 4.78 is 0. The van der Waals surface area contributed by atoms with Crippen LogP contribution in [-0.4, -0.2) is 30.9 Å². The molecular formula is C16H31N3O2. The molecule has 1 aliphatic carbocycles. The van der Waals surface area contributed by atoms with Crippen LogP contribution in [0.5, 0.6) is 0 Å². The van der Waals surface area contributed by atoms with Gasteiger partial charge in [-0.3, -0.25) is 9.59 Å². The molecular weight excluding hydrogens is 266 g/mol. The molecule has 2 unspecified atom stereocenters. The van der Waals surface area contributed by atoms with E-state index in [2.05, 4.69) is 24.5 Å². The fraction of sp³-hybridized carbons (Fsp3) is 0.875.